The lowest BCUT2D eigenvalue weighted by Crippen LogP contribution is -2.32. The van der Waals surface area contributed by atoms with E-state index >= 15 is 0 Å². The second-order valence-corrected chi connectivity index (χ2v) is 7.73. The molecule has 2 amide bonds. The number of amides is 2. The highest BCUT2D eigenvalue weighted by Gasteiger charge is 2.42. The Kier molecular flexibility index (Phi) is 5.75. The maximum absolute atomic E-state index is 13.4. The molecule has 5 nitrogen and oxygen atoms in total. The largest absolute Gasteiger partial charge is 0.492 e. The number of nitrogens with one attached hydrogen (secondary N) is 1. The second kappa shape index (κ2) is 8.51. The summed E-state index contributed by atoms with van der Waals surface area (Å²) in [7, 11) is 0. The molecule has 0 saturated carbocycles. The number of rotatable bonds is 6. The second-order valence-electron chi connectivity index (χ2n) is 6.78. The fraction of sp³-hybridized carbons (Fsp3) is 0.130. The van der Waals surface area contributed by atoms with E-state index in [-0.39, 0.29) is 22.6 Å². The van der Waals surface area contributed by atoms with E-state index in [0.717, 1.165) is 17.0 Å². The number of halogens is 3. The number of benzene rings is 2. The van der Waals surface area contributed by atoms with Gasteiger partial charge in [0.1, 0.15) is 11.4 Å². The van der Waals surface area contributed by atoms with Gasteiger partial charge in [0.2, 0.25) is 0 Å². The number of hydrogen-bond donors (Lipinski definition) is 1. The van der Waals surface area contributed by atoms with Crippen molar-refractivity contribution in [3.8, 4) is 5.75 Å². The Hall–Kier alpha value is -3.59. The standard InChI is InChI=1S/C23H17F3N2O3S/c1-2-31-17-10-4-3-9-16(17)28-21(29)19(18-11-6-12-32-18)20(22(28)30)27-15-8-5-7-14(13-15)23(24,25)26/h3-13,27H,2H2,1H3. The Labute approximate surface area is 185 Å². The van der Waals surface area contributed by atoms with E-state index in [9.17, 15) is 22.8 Å². The van der Waals surface area contributed by atoms with Crippen molar-refractivity contribution >= 4 is 40.1 Å². The van der Waals surface area contributed by atoms with Crippen LogP contribution in [0.3, 0.4) is 0 Å². The quantitative estimate of drug-likeness (QED) is 0.491. The summed E-state index contributed by atoms with van der Waals surface area (Å²) in [4.78, 5) is 28.3. The third kappa shape index (κ3) is 3.99. The molecular weight excluding hydrogens is 441 g/mol. The summed E-state index contributed by atoms with van der Waals surface area (Å²) < 4.78 is 45.0. The molecule has 1 aromatic heterocycles. The first-order chi connectivity index (χ1) is 15.3. The van der Waals surface area contributed by atoms with Crippen LogP contribution in [0.15, 0.2) is 71.7 Å². The molecule has 2 heterocycles. The van der Waals surface area contributed by atoms with Gasteiger partial charge in [-0.05, 0) is 48.7 Å². The summed E-state index contributed by atoms with van der Waals surface area (Å²) in [6, 6.07) is 14.5. The number of imide groups is 1. The number of hydrogen-bond acceptors (Lipinski definition) is 5. The van der Waals surface area contributed by atoms with Crippen molar-refractivity contribution < 1.29 is 27.5 Å². The fourth-order valence-electron chi connectivity index (χ4n) is 3.35. The van der Waals surface area contributed by atoms with Crippen molar-refractivity contribution in [2.45, 2.75) is 13.1 Å². The minimum Gasteiger partial charge on any atom is -0.492 e. The van der Waals surface area contributed by atoms with Gasteiger partial charge in [-0.25, -0.2) is 4.90 Å². The Morgan fingerprint density at radius 2 is 1.78 bits per heavy atom. The first-order valence-electron chi connectivity index (χ1n) is 9.64. The molecule has 0 aliphatic carbocycles. The summed E-state index contributed by atoms with van der Waals surface area (Å²) in [5.74, 6) is -0.912. The van der Waals surface area contributed by atoms with Crippen LogP contribution in [-0.2, 0) is 15.8 Å². The summed E-state index contributed by atoms with van der Waals surface area (Å²) in [6.45, 7) is 2.11. The van der Waals surface area contributed by atoms with Gasteiger partial charge in [0, 0.05) is 10.6 Å². The van der Waals surface area contributed by atoms with Crippen LogP contribution >= 0.6 is 11.3 Å². The van der Waals surface area contributed by atoms with Gasteiger partial charge in [0.15, 0.2) is 0 Å². The summed E-state index contributed by atoms with van der Waals surface area (Å²) in [5, 5.41) is 4.51. The zero-order valence-corrected chi connectivity index (χ0v) is 17.6. The van der Waals surface area contributed by atoms with E-state index in [1.165, 1.54) is 23.5 Å². The normalized spacial score (nSPS) is 14.3. The molecule has 4 rings (SSSR count). The van der Waals surface area contributed by atoms with Gasteiger partial charge in [-0.2, -0.15) is 13.2 Å². The third-order valence-electron chi connectivity index (χ3n) is 4.72. The number of anilines is 2. The van der Waals surface area contributed by atoms with Gasteiger partial charge in [-0.3, -0.25) is 9.59 Å². The molecule has 0 unspecified atom stereocenters. The number of thiophene rings is 1. The molecule has 0 spiro atoms. The van der Waals surface area contributed by atoms with Crippen molar-refractivity contribution in [1.29, 1.82) is 0 Å². The average molecular weight is 458 g/mol. The number of para-hydroxylation sites is 2. The molecule has 0 saturated heterocycles. The third-order valence-corrected chi connectivity index (χ3v) is 5.60. The number of ether oxygens (including phenoxy) is 1. The van der Waals surface area contributed by atoms with Crippen molar-refractivity contribution in [1.82, 2.24) is 0 Å². The summed E-state index contributed by atoms with van der Waals surface area (Å²) in [5.41, 5.74) is -0.558. The van der Waals surface area contributed by atoms with Gasteiger partial charge in [0.05, 0.1) is 23.4 Å². The topological polar surface area (TPSA) is 58.6 Å². The Bertz CT molecular complexity index is 1200. The molecule has 0 atom stereocenters. The first-order valence-corrected chi connectivity index (χ1v) is 10.5. The van der Waals surface area contributed by atoms with E-state index in [1.807, 2.05) is 0 Å². The maximum Gasteiger partial charge on any atom is 0.416 e. The van der Waals surface area contributed by atoms with E-state index in [1.54, 1.807) is 48.7 Å². The Morgan fingerprint density at radius 1 is 1.00 bits per heavy atom. The zero-order chi connectivity index (χ0) is 22.9. The first kappa shape index (κ1) is 21.6. The highest BCUT2D eigenvalue weighted by Crippen LogP contribution is 2.39. The Balaban J connectivity index is 1.79. The highest BCUT2D eigenvalue weighted by atomic mass is 32.1. The van der Waals surface area contributed by atoms with Crippen molar-refractivity contribution in [2.75, 3.05) is 16.8 Å². The average Bonchev–Trinajstić information content (AvgIpc) is 3.36. The molecule has 2 aromatic carbocycles. The van der Waals surface area contributed by atoms with Crippen LogP contribution in [0.2, 0.25) is 0 Å². The Morgan fingerprint density at radius 3 is 2.47 bits per heavy atom. The highest BCUT2D eigenvalue weighted by molar-refractivity contribution is 7.11. The van der Waals surface area contributed by atoms with Gasteiger partial charge < -0.3 is 10.1 Å². The smallest absolute Gasteiger partial charge is 0.416 e. The van der Waals surface area contributed by atoms with Gasteiger partial charge in [0.25, 0.3) is 11.8 Å². The maximum atomic E-state index is 13.4. The van der Waals surface area contributed by atoms with E-state index in [2.05, 4.69) is 5.32 Å². The minimum absolute atomic E-state index is 0.0463. The van der Waals surface area contributed by atoms with Crippen LogP contribution in [-0.4, -0.2) is 18.4 Å². The number of nitrogens with zero attached hydrogens (tertiary/aromatic N) is 1. The van der Waals surface area contributed by atoms with Gasteiger partial charge >= 0.3 is 6.18 Å². The molecular formula is C23H17F3N2O3S. The van der Waals surface area contributed by atoms with Crippen molar-refractivity contribution in [3.63, 3.8) is 0 Å². The summed E-state index contributed by atoms with van der Waals surface area (Å²) >= 11 is 1.25. The van der Waals surface area contributed by atoms with Crippen molar-refractivity contribution in [3.05, 3.63) is 82.2 Å². The zero-order valence-electron chi connectivity index (χ0n) is 16.8. The SMILES string of the molecule is CCOc1ccccc1N1C(=O)C(Nc2cccc(C(F)(F)F)c2)=C(c2cccs2)C1=O. The lowest BCUT2D eigenvalue weighted by molar-refractivity contribution is -0.137. The number of alkyl halides is 3. The predicted molar refractivity (Wildman–Crippen MR) is 116 cm³/mol. The predicted octanol–water partition coefficient (Wildman–Crippen LogP) is 5.56. The van der Waals surface area contributed by atoms with Crippen LogP contribution < -0.4 is 15.0 Å². The molecule has 3 aromatic rings. The van der Waals surface area contributed by atoms with Crippen LogP contribution in [0.1, 0.15) is 17.4 Å². The molecule has 1 aliphatic heterocycles. The fourth-order valence-corrected chi connectivity index (χ4v) is 4.12. The van der Waals surface area contributed by atoms with Crippen LogP contribution in [0.4, 0.5) is 24.5 Å². The minimum atomic E-state index is -4.54. The molecule has 32 heavy (non-hydrogen) atoms. The molecule has 0 fully saturated rings. The molecule has 164 valence electrons. The van der Waals surface area contributed by atoms with E-state index < -0.39 is 23.6 Å². The molecule has 1 aliphatic rings. The monoisotopic (exact) mass is 458 g/mol. The molecule has 0 radical (unpaired) electrons. The number of carbonyl (C=O) groups is 2. The van der Waals surface area contributed by atoms with E-state index in [0.29, 0.717) is 17.2 Å². The van der Waals surface area contributed by atoms with Gasteiger partial charge in [-0.15, -0.1) is 11.3 Å². The van der Waals surface area contributed by atoms with Crippen LogP contribution in [0.25, 0.3) is 5.57 Å². The van der Waals surface area contributed by atoms with Gasteiger partial charge in [-0.1, -0.05) is 24.3 Å². The lowest BCUT2D eigenvalue weighted by Gasteiger charge is -2.19. The molecule has 0 bridgehead atoms. The van der Waals surface area contributed by atoms with E-state index in [4.69, 9.17) is 4.74 Å². The number of carbonyl (C=O) groups excluding carboxylic acids is 2. The van der Waals surface area contributed by atoms with Crippen LogP contribution in [0.5, 0.6) is 5.75 Å². The molecule has 9 heteroatoms. The lowest BCUT2D eigenvalue weighted by atomic mass is 10.1. The molecule has 1 N–H and O–H groups in total. The summed E-state index contributed by atoms with van der Waals surface area (Å²) in [6.07, 6.45) is -4.54. The van der Waals surface area contributed by atoms with Crippen molar-refractivity contribution in [2.24, 2.45) is 0 Å². The van der Waals surface area contributed by atoms with Crippen LogP contribution in [0, 0.1) is 0 Å².